The largest absolute Gasteiger partial charge is 0.480 e. The highest BCUT2D eigenvalue weighted by Crippen LogP contribution is 2.32. The molecule has 18 heavy (non-hydrogen) atoms. The fourth-order valence-electron chi connectivity index (χ4n) is 2.25. The second kappa shape index (κ2) is 7.39. The lowest BCUT2D eigenvalue weighted by molar-refractivity contribution is -0.142. The third kappa shape index (κ3) is 5.07. The molecule has 4 heteroatoms. The third-order valence-electron chi connectivity index (χ3n) is 3.69. The summed E-state index contributed by atoms with van der Waals surface area (Å²) in [7, 11) is 0. The summed E-state index contributed by atoms with van der Waals surface area (Å²) < 4.78 is 0. The molecule has 1 amide bonds. The van der Waals surface area contributed by atoms with Crippen LogP contribution in [0.2, 0.25) is 0 Å². The standard InChI is InChI=1S/C14H25NO3/c1-3-5-6-10(4-2)9-12(16)15-13(14(17)18)11-7-8-11/h10-11,13H,3-9H2,1-2H3,(H,15,16)(H,17,18). The van der Waals surface area contributed by atoms with Crippen molar-refractivity contribution in [1.82, 2.24) is 5.32 Å². The molecule has 0 saturated heterocycles. The minimum absolute atomic E-state index is 0.0998. The van der Waals surface area contributed by atoms with E-state index < -0.39 is 12.0 Å². The maximum atomic E-state index is 11.8. The van der Waals surface area contributed by atoms with E-state index in [9.17, 15) is 9.59 Å². The normalized spacial score (nSPS) is 18.1. The third-order valence-corrected chi connectivity index (χ3v) is 3.69. The zero-order valence-electron chi connectivity index (χ0n) is 11.4. The Labute approximate surface area is 109 Å². The maximum Gasteiger partial charge on any atom is 0.326 e. The molecule has 0 aromatic carbocycles. The Hall–Kier alpha value is -1.06. The Bertz CT molecular complexity index is 287. The fraction of sp³-hybridized carbons (Fsp3) is 0.857. The van der Waals surface area contributed by atoms with Gasteiger partial charge in [0.1, 0.15) is 6.04 Å². The van der Waals surface area contributed by atoms with E-state index in [0.29, 0.717) is 12.3 Å². The molecular weight excluding hydrogens is 230 g/mol. The van der Waals surface area contributed by atoms with E-state index in [4.69, 9.17) is 5.11 Å². The molecule has 104 valence electrons. The lowest BCUT2D eigenvalue weighted by atomic mass is 9.95. The number of carboxylic acid groups (broad SMARTS) is 1. The molecular formula is C14H25NO3. The van der Waals surface area contributed by atoms with Crippen molar-refractivity contribution in [2.75, 3.05) is 0 Å². The molecule has 1 aliphatic carbocycles. The highest BCUT2D eigenvalue weighted by atomic mass is 16.4. The van der Waals surface area contributed by atoms with Gasteiger partial charge in [0.2, 0.25) is 5.91 Å². The van der Waals surface area contributed by atoms with Crippen molar-refractivity contribution in [3.05, 3.63) is 0 Å². The number of unbranched alkanes of at least 4 members (excludes halogenated alkanes) is 1. The number of hydrogen-bond acceptors (Lipinski definition) is 2. The molecule has 0 aliphatic heterocycles. The van der Waals surface area contributed by atoms with Crippen LogP contribution >= 0.6 is 0 Å². The highest BCUT2D eigenvalue weighted by Gasteiger charge is 2.37. The second-order valence-corrected chi connectivity index (χ2v) is 5.34. The maximum absolute atomic E-state index is 11.8. The zero-order valence-corrected chi connectivity index (χ0v) is 11.4. The first kappa shape index (κ1) is 15.0. The van der Waals surface area contributed by atoms with Crippen LogP contribution in [0, 0.1) is 11.8 Å². The highest BCUT2D eigenvalue weighted by molar-refractivity contribution is 5.84. The summed E-state index contributed by atoms with van der Waals surface area (Å²) >= 11 is 0. The lowest BCUT2D eigenvalue weighted by Gasteiger charge is -2.17. The van der Waals surface area contributed by atoms with Gasteiger partial charge in [0, 0.05) is 6.42 Å². The second-order valence-electron chi connectivity index (χ2n) is 5.34. The predicted octanol–water partition coefficient (Wildman–Crippen LogP) is 2.57. The topological polar surface area (TPSA) is 66.4 Å². The van der Waals surface area contributed by atoms with E-state index >= 15 is 0 Å². The van der Waals surface area contributed by atoms with Crippen molar-refractivity contribution < 1.29 is 14.7 Å². The average Bonchev–Trinajstić information content (AvgIpc) is 3.15. The van der Waals surface area contributed by atoms with E-state index in [-0.39, 0.29) is 11.8 Å². The van der Waals surface area contributed by atoms with Gasteiger partial charge < -0.3 is 10.4 Å². The van der Waals surface area contributed by atoms with E-state index in [1.54, 1.807) is 0 Å². The van der Waals surface area contributed by atoms with Gasteiger partial charge in [0.25, 0.3) is 0 Å². The fourth-order valence-corrected chi connectivity index (χ4v) is 2.25. The van der Waals surface area contributed by atoms with Crippen LogP contribution in [0.25, 0.3) is 0 Å². The Balaban J connectivity index is 2.36. The molecule has 0 spiro atoms. The summed E-state index contributed by atoms with van der Waals surface area (Å²) in [5.41, 5.74) is 0. The number of nitrogens with one attached hydrogen (secondary N) is 1. The first-order chi connectivity index (χ1) is 8.58. The van der Waals surface area contributed by atoms with Crippen LogP contribution in [0.3, 0.4) is 0 Å². The summed E-state index contributed by atoms with van der Waals surface area (Å²) in [6.45, 7) is 4.23. The Morgan fingerprint density at radius 2 is 2.00 bits per heavy atom. The molecule has 4 nitrogen and oxygen atoms in total. The van der Waals surface area contributed by atoms with Gasteiger partial charge in [0.05, 0.1) is 0 Å². The number of rotatable bonds is 9. The molecule has 0 bridgehead atoms. The van der Waals surface area contributed by atoms with E-state index in [0.717, 1.165) is 38.5 Å². The molecule has 1 aliphatic rings. The monoisotopic (exact) mass is 255 g/mol. The summed E-state index contributed by atoms with van der Waals surface area (Å²) in [5, 5.41) is 11.7. The number of carbonyl (C=O) groups is 2. The van der Waals surface area contributed by atoms with Crippen molar-refractivity contribution in [3.8, 4) is 0 Å². The molecule has 1 saturated carbocycles. The van der Waals surface area contributed by atoms with Crippen LogP contribution in [0.1, 0.15) is 58.8 Å². The van der Waals surface area contributed by atoms with Gasteiger partial charge in [-0.2, -0.15) is 0 Å². The molecule has 1 fully saturated rings. The predicted molar refractivity (Wildman–Crippen MR) is 70.2 cm³/mol. The molecule has 0 aromatic rings. The Kier molecular flexibility index (Phi) is 6.16. The molecule has 2 N–H and O–H groups in total. The van der Waals surface area contributed by atoms with Crippen LogP contribution in [0.15, 0.2) is 0 Å². The number of amides is 1. The molecule has 0 radical (unpaired) electrons. The van der Waals surface area contributed by atoms with Gasteiger partial charge in [0.15, 0.2) is 0 Å². The van der Waals surface area contributed by atoms with E-state index in [2.05, 4.69) is 19.2 Å². The Morgan fingerprint density at radius 1 is 1.33 bits per heavy atom. The minimum Gasteiger partial charge on any atom is -0.480 e. The minimum atomic E-state index is -0.896. The molecule has 0 aromatic heterocycles. The smallest absolute Gasteiger partial charge is 0.326 e. The number of hydrogen-bond donors (Lipinski definition) is 2. The Morgan fingerprint density at radius 3 is 2.44 bits per heavy atom. The lowest BCUT2D eigenvalue weighted by Crippen LogP contribution is -2.42. The first-order valence-corrected chi connectivity index (χ1v) is 7.10. The van der Waals surface area contributed by atoms with Gasteiger partial charge >= 0.3 is 5.97 Å². The molecule has 2 atom stereocenters. The summed E-state index contributed by atoms with van der Waals surface area (Å²) in [4.78, 5) is 22.9. The SMILES string of the molecule is CCCCC(CC)CC(=O)NC(C(=O)O)C1CC1. The van der Waals surface area contributed by atoms with Crippen molar-refractivity contribution in [2.24, 2.45) is 11.8 Å². The van der Waals surface area contributed by atoms with Gasteiger partial charge in [-0.05, 0) is 31.1 Å². The number of carbonyl (C=O) groups excluding carboxylic acids is 1. The number of carboxylic acids is 1. The molecule has 2 unspecified atom stereocenters. The molecule has 1 rings (SSSR count). The van der Waals surface area contributed by atoms with Crippen molar-refractivity contribution >= 4 is 11.9 Å². The zero-order chi connectivity index (χ0) is 13.5. The van der Waals surface area contributed by atoms with Gasteiger partial charge in [-0.1, -0.05) is 33.1 Å². The van der Waals surface area contributed by atoms with Crippen LogP contribution in [0.4, 0.5) is 0 Å². The van der Waals surface area contributed by atoms with Gasteiger partial charge in [-0.15, -0.1) is 0 Å². The summed E-state index contributed by atoms with van der Waals surface area (Å²) in [5.74, 6) is -0.453. The van der Waals surface area contributed by atoms with Crippen molar-refractivity contribution in [2.45, 2.75) is 64.8 Å². The van der Waals surface area contributed by atoms with Gasteiger partial charge in [-0.25, -0.2) is 4.79 Å². The molecule has 0 heterocycles. The van der Waals surface area contributed by atoms with Crippen molar-refractivity contribution in [1.29, 1.82) is 0 Å². The van der Waals surface area contributed by atoms with Crippen LogP contribution in [-0.4, -0.2) is 23.0 Å². The van der Waals surface area contributed by atoms with Crippen LogP contribution in [-0.2, 0) is 9.59 Å². The van der Waals surface area contributed by atoms with Crippen molar-refractivity contribution in [3.63, 3.8) is 0 Å². The summed E-state index contributed by atoms with van der Waals surface area (Å²) in [6.07, 6.45) is 6.62. The van der Waals surface area contributed by atoms with Gasteiger partial charge in [-0.3, -0.25) is 4.79 Å². The van der Waals surface area contributed by atoms with E-state index in [1.807, 2.05) is 0 Å². The summed E-state index contributed by atoms with van der Waals surface area (Å²) in [6, 6.07) is -0.666. The van der Waals surface area contributed by atoms with Crippen LogP contribution < -0.4 is 5.32 Å². The first-order valence-electron chi connectivity index (χ1n) is 7.10. The average molecular weight is 255 g/mol. The van der Waals surface area contributed by atoms with E-state index in [1.165, 1.54) is 0 Å². The quantitative estimate of drug-likeness (QED) is 0.665. The number of aliphatic carboxylic acids is 1. The van der Waals surface area contributed by atoms with Crippen LogP contribution in [0.5, 0.6) is 0 Å².